The third kappa shape index (κ3) is 2.11. The molecule has 3 N–H and O–H groups in total. The van der Waals surface area contributed by atoms with Crippen molar-refractivity contribution in [2.45, 2.75) is 6.92 Å². The fourth-order valence-corrected chi connectivity index (χ4v) is 0.977. The van der Waals surface area contributed by atoms with E-state index in [2.05, 4.69) is 0 Å². The standard InChI is InChI=1S/C9H11NO3/c1-2-13-6-3-4-8(10)7(5-6)9(11)12/h3-5H,2,10H2,1H3,(H,11,12). The second-order valence-electron chi connectivity index (χ2n) is 2.49. The van der Waals surface area contributed by atoms with E-state index in [1.165, 1.54) is 12.1 Å². The molecule has 0 fully saturated rings. The van der Waals surface area contributed by atoms with E-state index in [4.69, 9.17) is 15.6 Å². The first-order valence-electron chi connectivity index (χ1n) is 3.90. The average Bonchev–Trinajstić information content (AvgIpc) is 2.08. The molecule has 0 aromatic heterocycles. The number of aromatic carboxylic acids is 1. The van der Waals surface area contributed by atoms with E-state index in [1.807, 2.05) is 6.92 Å². The number of rotatable bonds is 3. The van der Waals surface area contributed by atoms with Crippen molar-refractivity contribution in [2.75, 3.05) is 12.3 Å². The SMILES string of the molecule is CCOc1ccc(N)c(C(=O)O)c1. The molecule has 0 saturated heterocycles. The van der Waals surface area contributed by atoms with Gasteiger partial charge in [-0.2, -0.15) is 0 Å². The van der Waals surface area contributed by atoms with Gasteiger partial charge >= 0.3 is 5.97 Å². The van der Waals surface area contributed by atoms with Crippen LogP contribution in [0.5, 0.6) is 5.75 Å². The Morgan fingerprint density at radius 3 is 2.85 bits per heavy atom. The van der Waals surface area contributed by atoms with Gasteiger partial charge in [0.15, 0.2) is 0 Å². The highest BCUT2D eigenvalue weighted by Gasteiger charge is 2.08. The van der Waals surface area contributed by atoms with Gasteiger partial charge in [0.1, 0.15) is 5.75 Å². The molecule has 0 aliphatic carbocycles. The van der Waals surface area contributed by atoms with E-state index in [1.54, 1.807) is 6.07 Å². The molecule has 0 aliphatic heterocycles. The van der Waals surface area contributed by atoms with Gasteiger partial charge in [-0.3, -0.25) is 0 Å². The molecule has 4 nitrogen and oxygen atoms in total. The first kappa shape index (κ1) is 9.38. The van der Waals surface area contributed by atoms with E-state index >= 15 is 0 Å². The van der Waals surface area contributed by atoms with Crippen LogP contribution in [0.15, 0.2) is 18.2 Å². The number of hydrogen-bond acceptors (Lipinski definition) is 3. The Hall–Kier alpha value is -1.71. The Bertz CT molecular complexity index is 323. The van der Waals surface area contributed by atoms with Gasteiger partial charge < -0.3 is 15.6 Å². The van der Waals surface area contributed by atoms with E-state index in [0.717, 1.165) is 0 Å². The molecule has 0 heterocycles. The molecule has 0 aliphatic rings. The fraction of sp³-hybridized carbons (Fsp3) is 0.222. The van der Waals surface area contributed by atoms with Gasteiger partial charge in [0, 0.05) is 5.69 Å². The Balaban J connectivity index is 3.04. The number of hydrogen-bond donors (Lipinski definition) is 2. The van der Waals surface area contributed by atoms with Gasteiger partial charge in [-0.25, -0.2) is 4.79 Å². The molecule has 13 heavy (non-hydrogen) atoms. The normalized spacial score (nSPS) is 9.62. The van der Waals surface area contributed by atoms with Crippen LogP contribution in [-0.2, 0) is 0 Å². The van der Waals surface area contributed by atoms with E-state index in [9.17, 15) is 4.79 Å². The second kappa shape index (κ2) is 3.80. The van der Waals surface area contributed by atoms with Crippen LogP contribution in [0.3, 0.4) is 0 Å². The predicted molar refractivity (Wildman–Crippen MR) is 49.0 cm³/mol. The van der Waals surface area contributed by atoms with Crippen LogP contribution in [0.1, 0.15) is 17.3 Å². The van der Waals surface area contributed by atoms with Crippen molar-refractivity contribution in [1.29, 1.82) is 0 Å². The lowest BCUT2D eigenvalue weighted by molar-refractivity contribution is 0.0697. The molecule has 0 saturated carbocycles. The van der Waals surface area contributed by atoms with Gasteiger partial charge in [-0.15, -0.1) is 0 Å². The zero-order chi connectivity index (χ0) is 9.84. The quantitative estimate of drug-likeness (QED) is 0.690. The van der Waals surface area contributed by atoms with Crippen molar-refractivity contribution in [3.05, 3.63) is 23.8 Å². The number of nitrogen functional groups attached to an aromatic ring is 1. The van der Waals surface area contributed by atoms with Gasteiger partial charge in [0.05, 0.1) is 12.2 Å². The summed E-state index contributed by atoms with van der Waals surface area (Å²) in [5, 5.41) is 8.72. The van der Waals surface area contributed by atoms with Crippen LogP contribution in [0.4, 0.5) is 5.69 Å². The molecule has 1 rings (SSSR count). The summed E-state index contributed by atoms with van der Waals surface area (Å²) in [5.41, 5.74) is 5.77. The Kier molecular flexibility index (Phi) is 2.74. The fourth-order valence-electron chi connectivity index (χ4n) is 0.977. The molecule has 4 heteroatoms. The number of ether oxygens (including phenoxy) is 1. The summed E-state index contributed by atoms with van der Waals surface area (Å²) in [7, 11) is 0. The molecular weight excluding hydrogens is 170 g/mol. The minimum Gasteiger partial charge on any atom is -0.494 e. The molecule has 1 aromatic rings. The second-order valence-corrected chi connectivity index (χ2v) is 2.49. The molecular formula is C9H11NO3. The maximum Gasteiger partial charge on any atom is 0.337 e. The maximum atomic E-state index is 10.6. The van der Waals surface area contributed by atoms with Crippen LogP contribution >= 0.6 is 0 Å². The monoisotopic (exact) mass is 181 g/mol. The van der Waals surface area contributed by atoms with Crippen molar-refractivity contribution in [3.63, 3.8) is 0 Å². The van der Waals surface area contributed by atoms with Crippen molar-refractivity contribution in [3.8, 4) is 5.75 Å². The first-order chi connectivity index (χ1) is 6.15. The smallest absolute Gasteiger partial charge is 0.337 e. The van der Waals surface area contributed by atoms with E-state index in [-0.39, 0.29) is 11.3 Å². The molecule has 0 atom stereocenters. The molecule has 1 aromatic carbocycles. The minimum absolute atomic E-state index is 0.0750. The van der Waals surface area contributed by atoms with Gasteiger partial charge in [-0.05, 0) is 25.1 Å². The van der Waals surface area contributed by atoms with Crippen LogP contribution in [0.2, 0.25) is 0 Å². The summed E-state index contributed by atoms with van der Waals surface area (Å²) >= 11 is 0. The molecule has 0 amide bonds. The summed E-state index contributed by atoms with van der Waals surface area (Å²) < 4.78 is 5.13. The number of anilines is 1. The summed E-state index contributed by atoms with van der Waals surface area (Å²) in [4.78, 5) is 10.6. The summed E-state index contributed by atoms with van der Waals surface area (Å²) in [6.07, 6.45) is 0. The van der Waals surface area contributed by atoms with Crippen molar-refractivity contribution in [1.82, 2.24) is 0 Å². The van der Waals surface area contributed by atoms with Crippen LogP contribution in [-0.4, -0.2) is 17.7 Å². The number of carbonyl (C=O) groups is 1. The first-order valence-corrected chi connectivity index (χ1v) is 3.90. The van der Waals surface area contributed by atoms with Crippen molar-refractivity contribution >= 4 is 11.7 Å². The average molecular weight is 181 g/mol. The predicted octanol–water partition coefficient (Wildman–Crippen LogP) is 1.37. The van der Waals surface area contributed by atoms with Crippen molar-refractivity contribution < 1.29 is 14.6 Å². The van der Waals surface area contributed by atoms with E-state index in [0.29, 0.717) is 12.4 Å². The lowest BCUT2D eigenvalue weighted by atomic mass is 10.2. The summed E-state index contributed by atoms with van der Waals surface area (Å²) in [5.74, 6) is -0.520. The molecule has 0 radical (unpaired) electrons. The molecule has 70 valence electrons. The number of benzene rings is 1. The minimum atomic E-state index is -1.04. The topological polar surface area (TPSA) is 72.5 Å². The number of nitrogens with two attached hydrogens (primary N) is 1. The summed E-state index contributed by atoms with van der Waals surface area (Å²) in [6.45, 7) is 2.33. The summed E-state index contributed by atoms with van der Waals surface area (Å²) in [6, 6.07) is 4.58. The van der Waals surface area contributed by atoms with Crippen LogP contribution in [0, 0.1) is 0 Å². The highest BCUT2D eigenvalue weighted by Crippen LogP contribution is 2.19. The Morgan fingerprint density at radius 2 is 2.31 bits per heavy atom. The number of carboxylic acids is 1. The van der Waals surface area contributed by atoms with E-state index < -0.39 is 5.97 Å². The van der Waals surface area contributed by atoms with Crippen LogP contribution in [0.25, 0.3) is 0 Å². The zero-order valence-electron chi connectivity index (χ0n) is 7.28. The largest absolute Gasteiger partial charge is 0.494 e. The zero-order valence-corrected chi connectivity index (χ0v) is 7.28. The molecule has 0 unspecified atom stereocenters. The lowest BCUT2D eigenvalue weighted by Crippen LogP contribution is -2.03. The number of carboxylic acid groups (broad SMARTS) is 1. The van der Waals surface area contributed by atoms with Crippen molar-refractivity contribution in [2.24, 2.45) is 0 Å². The van der Waals surface area contributed by atoms with Gasteiger partial charge in [0.25, 0.3) is 0 Å². The molecule has 0 bridgehead atoms. The Labute approximate surface area is 75.9 Å². The third-order valence-electron chi connectivity index (χ3n) is 1.57. The highest BCUT2D eigenvalue weighted by atomic mass is 16.5. The van der Waals surface area contributed by atoms with Gasteiger partial charge in [-0.1, -0.05) is 0 Å². The highest BCUT2D eigenvalue weighted by molar-refractivity contribution is 5.94. The Morgan fingerprint density at radius 1 is 1.62 bits per heavy atom. The molecule has 0 spiro atoms. The van der Waals surface area contributed by atoms with Gasteiger partial charge in [0.2, 0.25) is 0 Å². The third-order valence-corrected chi connectivity index (χ3v) is 1.57. The maximum absolute atomic E-state index is 10.6. The lowest BCUT2D eigenvalue weighted by Gasteiger charge is -2.05. The van der Waals surface area contributed by atoms with Crippen LogP contribution < -0.4 is 10.5 Å².